The number of benzene rings is 1. The molecule has 2 heterocycles. The second kappa shape index (κ2) is 7.50. The number of aromatic amines is 1. The van der Waals surface area contributed by atoms with Crippen molar-refractivity contribution < 1.29 is 4.74 Å². The van der Waals surface area contributed by atoms with E-state index in [1.807, 2.05) is 18.2 Å². The molecule has 3 aromatic rings. The van der Waals surface area contributed by atoms with Gasteiger partial charge in [0.05, 0.1) is 24.1 Å². The van der Waals surface area contributed by atoms with E-state index in [1.165, 1.54) is 5.56 Å². The van der Waals surface area contributed by atoms with Crippen LogP contribution < -0.4 is 5.56 Å². The van der Waals surface area contributed by atoms with Gasteiger partial charge in [0, 0.05) is 20.2 Å². The van der Waals surface area contributed by atoms with Gasteiger partial charge in [0.2, 0.25) is 0 Å². The van der Waals surface area contributed by atoms with Gasteiger partial charge in [0.25, 0.3) is 5.56 Å². The number of nitrogens with zero attached hydrogens (tertiary/aromatic N) is 2. The summed E-state index contributed by atoms with van der Waals surface area (Å²) in [5, 5.41) is 4.83. The van der Waals surface area contributed by atoms with Gasteiger partial charge in [0.1, 0.15) is 5.82 Å². The van der Waals surface area contributed by atoms with Crippen molar-refractivity contribution in [3.05, 3.63) is 62.8 Å². The van der Waals surface area contributed by atoms with Crippen molar-refractivity contribution in [2.45, 2.75) is 13.1 Å². The van der Waals surface area contributed by atoms with Gasteiger partial charge >= 0.3 is 0 Å². The zero-order chi connectivity index (χ0) is 16.1. The number of ether oxygens (including phenoxy) is 1. The molecule has 23 heavy (non-hydrogen) atoms. The third kappa shape index (κ3) is 4.04. The Labute approximate surface area is 138 Å². The molecule has 2 aromatic heterocycles. The molecule has 0 amide bonds. The number of methoxy groups -OCH3 is 1. The van der Waals surface area contributed by atoms with Crippen LogP contribution in [0, 0.1) is 0 Å². The lowest BCUT2D eigenvalue weighted by Gasteiger charge is -2.21. The Bertz CT molecular complexity index is 814. The van der Waals surface area contributed by atoms with Gasteiger partial charge in [-0.05, 0) is 34.5 Å². The van der Waals surface area contributed by atoms with Gasteiger partial charge < -0.3 is 9.72 Å². The maximum atomic E-state index is 12.2. The number of thiophene rings is 1. The molecule has 0 aliphatic heterocycles. The molecule has 0 bridgehead atoms. The molecule has 3 rings (SSSR count). The smallest absolute Gasteiger partial charge is 0.258 e. The molecule has 0 spiro atoms. The Hall–Kier alpha value is -2.02. The van der Waals surface area contributed by atoms with E-state index >= 15 is 0 Å². The van der Waals surface area contributed by atoms with Gasteiger partial charge in [-0.25, -0.2) is 4.98 Å². The summed E-state index contributed by atoms with van der Waals surface area (Å²) in [6.07, 6.45) is 0. The van der Waals surface area contributed by atoms with E-state index in [4.69, 9.17) is 4.74 Å². The van der Waals surface area contributed by atoms with Crippen molar-refractivity contribution in [1.29, 1.82) is 0 Å². The minimum atomic E-state index is -0.0900. The lowest BCUT2D eigenvalue weighted by molar-refractivity contribution is 0.138. The minimum absolute atomic E-state index is 0.0900. The van der Waals surface area contributed by atoms with Gasteiger partial charge in [-0.2, -0.15) is 11.3 Å². The predicted molar refractivity (Wildman–Crippen MR) is 92.7 cm³/mol. The molecule has 120 valence electrons. The van der Waals surface area contributed by atoms with Gasteiger partial charge in [-0.3, -0.25) is 9.69 Å². The number of para-hydroxylation sites is 1. The maximum absolute atomic E-state index is 12.2. The molecule has 0 atom stereocenters. The van der Waals surface area contributed by atoms with Crippen LogP contribution in [0.4, 0.5) is 0 Å². The van der Waals surface area contributed by atoms with Crippen molar-refractivity contribution in [3.63, 3.8) is 0 Å². The number of fused-ring (bicyclic) bond motifs is 1. The molecule has 1 aromatic carbocycles. The Kier molecular flexibility index (Phi) is 5.17. The highest BCUT2D eigenvalue weighted by atomic mass is 32.1. The minimum Gasteiger partial charge on any atom is -0.383 e. The number of hydrogen-bond acceptors (Lipinski definition) is 5. The first-order valence-electron chi connectivity index (χ1n) is 7.46. The molecule has 6 heteroatoms. The Morgan fingerprint density at radius 1 is 1.26 bits per heavy atom. The first-order chi connectivity index (χ1) is 11.3. The van der Waals surface area contributed by atoms with E-state index in [1.54, 1.807) is 24.5 Å². The summed E-state index contributed by atoms with van der Waals surface area (Å²) >= 11 is 1.68. The van der Waals surface area contributed by atoms with Crippen molar-refractivity contribution in [2.75, 3.05) is 20.3 Å². The quantitative estimate of drug-likeness (QED) is 0.724. The van der Waals surface area contributed by atoms with Crippen LogP contribution >= 0.6 is 11.3 Å². The number of aromatic nitrogens is 2. The zero-order valence-electron chi connectivity index (χ0n) is 13.0. The highest BCUT2D eigenvalue weighted by molar-refractivity contribution is 7.07. The molecule has 5 nitrogen and oxygen atoms in total. The average Bonchev–Trinajstić information content (AvgIpc) is 3.06. The summed E-state index contributed by atoms with van der Waals surface area (Å²) in [5.41, 5.74) is 1.90. The summed E-state index contributed by atoms with van der Waals surface area (Å²) in [5.74, 6) is 0.681. The van der Waals surface area contributed by atoms with Crippen molar-refractivity contribution >= 4 is 22.2 Å². The standard InChI is InChI=1S/C17H19N3O2S/c1-22-8-7-20(10-13-6-9-23-12-13)11-16-18-15-5-3-2-4-14(15)17(21)19-16/h2-6,9,12H,7-8,10-11H2,1H3,(H,18,19,21). The van der Waals surface area contributed by atoms with E-state index < -0.39 is 0 Å². The van der Waals surface area contributed by atoms with E-state index in [0.29, 0.717) is 24.4 Å². The SMILES string of the molecule is COCCN(Cc1ccsc1)Cc1nc2ccccc2c(=O)[nH]1. The van der Waals surface area contributed by atoms with Gasteiger partial charge in [0.15, 0.2) is 0 Å². The maximum Gasteiger partial charge on any atom is 0.258 e. The summed E-state index contributed by atoms with van der Waals surface area (Å²) < 4.78 is 5.19. The van der Waals surface area contributed by atoms with Crippen LogP contribution in [0.2, 0.25) is 0 Å². The van der Waals surface area contributed by atoms with Gasteiger partial charge in [-0.15, -0.1) is 0 Å². The van der Waals surface area contributed by atoms with Crippen LogP contribution in [0.15, 0.2) is 45.9 Å². The number of nitrogens with one attached hydrogen (secondary N) is 1. The second-order valence-electron chi connectivity index (χ2n) is 5.36. The first-order valence-corrected chi connectivity index (χ1v) is 8.41. The van der Waals surface area contributed by atoms with Crippen LogP contribution in [0.3, 0.4) is 0 Å². The third-order valence-electron chi connectivity index (χ3n) is 3.63. The lowest BCUT2D eigenvalue weighted by atomic mass is 10.2. The monoisotopic (exact) mass is 329 g/mol. The highest BCUT2D eigenvalue weighted by Gasteiger charge is 2.10. The largest absolute Gasteiger partial charge is 0.383 e. The molecule has 1 N–H and O–H groups in total. The molecule has 0 radical (unpaired) electrons. The highest BCUT2D eigenvalue weighted by Crippen LogP contribution is 2.12. The van der Waals surface area contributed by atoms with Gasteiger partial charge in [-0.1, -0.05) is 12.1 Å². The number of rotatable bonds is 7. The molecule has 0 aliphatic carbocycles. The Morgan fingerprint density at radius 2 is 2.13 bits per heavy atom. The summed E-state index contributed by atoms with van der Waals surface area (Å²) in [6, 6.07) is 9.51. The normalized spacial score (nSPS) is 11.4. The molecular formula is C17H19N3O2S. The summed E-state index contributed by atoms with van der Waals surface area (Å²) in [4.78, 5) is 21.9. The summed E-state index contributed by atoms with van der Waals surface area (Å²) in [7, 11) is 1.69. The fourth-order valence-electron chi connectivity index (χ4n) is 2.50. The topological polar surface area (TPSA) is 58.2 Å². The summed E-state index contributed by atoms with van der Waals surface area (Å²) in [6.45, 7) is 2.81. The van der Waals surface area contributed by atoms with Crippen LogP contribution in [-0.4, -0.2) is 35.1 Å². The molecule has 0 aliphatic rings. The lowest BCUT2D eigenvalue weighted by Crippen LogP contribution is -2.28. The van der Waals surface area contributed by atoms with Crippen LogP contribution in [0.25, 0.3) is 10.9 Å². The number of hydrogen-bond donors (Lipinski definition) is 1. The van der Waals surface area contributed by atoms with Crippen LogP contribution in [0.1, 0.15) is 11.4 Å². The average molecular weight is 329 g/mol. The number of H-pyrrole nitrogens is 1. The molecule has 0 unspecified atom stereocenters. The van der Waals surface area contributed by atoms with E-state index in [0.717, 1.165) is 18.6 Å². The Morgan fingerprint density at radius 3 is 2.91 bits per heavy atom. The molecule has 0 saturated carbocycles. The van der Waals surface area contributed by atoms with Crippen LogP contribution in [0.5, 0.6) is 0 Å². The molecule has 0 fully saturated rings. The molecular weight excluding hydrogens is 310 g/mol. The van der Waals surface area contributed by atoms with Crippen molar-refractivity contribution in [2.24, 2.45) is 0 Å². The Balaban J connectivity index is 1.82. The van der Waals surface area contributed by atoms with E-state index in [-0.39, 0.29) is 5.56 Å². The van der Waals surface area contributed by atoms with E-state index in [9.17, 15) is 4.79 Å². The third-order valence-corrected chi connectivity index (χ3v) is 4.37. The molecule has 0 saturated heterocycles. The second-order valence-corrected chi connectivity index (χ2v) is 6.14. The fraction of sp³-hybridized carbons (Fsp3) is 0.294. The zero-order valence-corrected chi connectivity index (χ0v) is 13.8. The predicted octanol–water partition coefficient (Wildman–Crippen LogP) is 2.63. The van der Waals surface area contributed by atoms with E-state index in [2.05, 4.69) is 31.7 Å². The first kappa shape index (κ1) is 15.9. The van der Waals surface area contributed by atoms with Crippen molar-refractivity contribution in [1.82, 2.24) is 14.9 Å². The van der Waals surface area contributed by atoms with Crippen molar-refractivity contribution in [3.8, 4) is 0 Å². The fourth-order valence-corrected chi connectivity index (χ4v) is 3.16. The van der Waals surface area contributed by atoms with Crippen LogP contribution in [-0.2, 0) is 17.8 Å².